The van der Waals surface area contributed by atoms with Crippen LogP contribution in [0.25, 0.3) is 22.5 Å². The third kappa shape index (κ3) is 4.20. The normalized spacial score (nSPS) is 10.5. The van der Waals surface area contributed by atoms with Crippen LogP contribution in [0.1, 0.15) is 24.2 Å². The lowest BCUT2D eigenvalue weighted by molar-refractivity contribution is -0.114. The van der Waals surface area contributed by atoms with E-state index in [2.05, 4.69) is 15.5 Å². The molecule has 0 radical (unpaired) electrons. The van der Waals surface area contributed by atoms with Crippen molar-refractivity contribution < 1.29 is 18.7 Å². The van der Waals surface area contributed by atoms with Crippen LogP contribution < -0.4 is 5.32 Å². The Bertz CT molecular complexity index is 980. The minimum atomic E-state index is -0.530. The number of benzene rings is 2. The van der Waals surface area contributed by atoms with Crippen molar-refractivity contribution in [1.82, 2.24) is 10.2 Å². The number of esters is 1. The first-order valence-electron chi connectivity index (χ1n) is 8.38. The van der Waals surface area contributed by atoms with E-state index in [1.807, 2.05) is 0 Å². The summed E-state index contributed by atoms with van der Waals surface area (Å²) in [4.78, 5) is 23.6. The molecule has 3 rings (SSSR count). The highest BCUT2D eigenvalue weighted by atomic mass is 19.1. The summed E-state index contributed by atoms with van der Waals surface area (Å²) >= 11 is 0. The smallest absolute Gasteiger partial charge is 0.340 e. The number of carbonyl (C=O) groups excluding carboxylic acids is 2. The molecule has 0 fully saturated rings. The van der Waals surface area contributed by atoms with Crippen LogP contribution >= 0.6 is 0 Å². The number of nitrogens with zero attached hydrogens (tertiary/aromatic N) is 1. The van der Waals surface area contributed by atoms with Crippen LogP contribution in [0.3, 0.4) is 0 Å². The zero-order valence-corrected chi connectivity index (χ0v) is 14.9. The minimum Gasteiger partial charge on any atom is -0.462 e. The number of rotatable bonds is 5. The molecule has 0 aliphatic carbocycles. The lowest BCUT2D eigenvalue weighted by Crippen LogP contribution is -2.13. The molecule has 3 aromatic rings. The summed E-state index contributed by atoms with van der Waals surface area (Å²) in [6.07, 6.45) is 0. The highest BCUT2D eigenvalue weighted by Gasteiger charge is 2.16. The van der Waals surface area contributed by atoms with Gasteiger partial charge < -0.3 is 10.1 Å². The Labute approximate surface area is 155 Å². The number of hydrogen-bond acceptors (Lipinski definition) is 4. The average molecular weight is 367 g/mol. The fourth-order valence-electron chi connectivity index (χ4n) is 2.63. The van der Waals surface area contributed by atoms with Crippen LogP contribution in [-0.2, 0) is 9.53 Å². The number of ether oxygens (including phenoxy) is 1. The van der Waals surface area contributed by atoms with E-state index in [4.69, 9.17) is 4.74 Å². The van der Waals surface area contributed by atoms with E-state index in [1.165, 1.54) is 19.1 Å². The van der Waals surface area contributed by atoms with Gasteiger partial charge in [-0.25, -0.2) is 9.18 Å². The van der Waals surface area contributed by atoms with Crippen LogP contribution in [-0.4, -0.2) is 28.7 Å². The number of hydrogen-bond donors (Lipinski definition) is 2. The van der Waals surface area contributed by atoms with Gasteiger partial charge in [0, 0.05) is 12.5 Å². The molecular weight excluding hydrogens is 349 g/mol. The highest BCUT2D eigenvalue weighted by Crippen LogP contribution is 2.28. The van der Waals surface area contributed by atoms with Crippen molar-refractivity contribution in [2.45, 2.75) is 13.8 Å². The summed E-state index contributed by atoms with van der Waals surface area (Å²) in [6.45, 7) is 3.30. The van der Waals surface area contributed by atoms with Crippen molar-refractivity contribution >= 4 is 17.6 Å². The van der Waals surface area contributed by atoms with E-state index in [0.717, 1.165) is 5.56 Å². The Hall–Kier alpha value is -3.48. The molecule has 0 atom stereocenters. The van der Waals surface area contributed by atoms with E-state index < -0.39 is 5.97 Å². The molecule has 1 aromatic heterocycles. The van der Waals surface area contributed by atoms with E-state index in [-0.39, 0.29) is 23.9 Å². The number of aromatic nitrogens is 2. The second-order valence-corrected chi connectivity index (χ2v) is 5.84. The van der Waals surface area contributed by atoms with Crippen LogP contribution in [0.2, 0.25) is 0 Å². The first kappa shape index (κ1) is 18.3. The molecule has 1 amide bonds. The predicted molar refractivity (Wildman–Crippen MR) is 99.7 cm³/mol. The van der Waals surface area contributed by atoms with Crippen LogP contribution in [0, 0.1) is 5.82 Å². The average Bonchev–Trinajstić information content (AvgIpc) is 3.12. The molecule has 0 bridgehead atoms. The van der Waals surface area contributed by atoms with Gasteiger partial charge in [-0.2, -0.15) is 5.10 Å². The fraction of sp³-hybridized carbons (Fsp3) is 0.150. The Morgan fingerprint density at radius 2 is 1.81 bits per heavy atom. The number of carbonyl (C=O) groups is 2. The fourth-order valence-corrected chi connectivity index (χ4v) is 2.63. The summed E-state index contributed by atoms with van der Waals surface area (Å²) in [5.74, 6) is -1.13. The second-order valence-electron chi connectivity index (χ2n) is 5.84. The Balaban J connectivity index is 1.97. The predicted octanol–water partition coefficient (Wildman–Crippen LogP) is 4.02. The molecule has 0 aliphatic heterocycles. The molecule has 1 heterocycles. The Morgan fingerprint density at radius 1 is 1.11 bits per heavy atom. The van der Waals surface area contributed by atoms with Crippen molar-refractivity contribution in [3.05, 3.63) is 59.9 Å². The summed E-state index contributed by atoms with van der Waals surface area (Å²) in [5.41, 5.74) is 3.41. The quantitative estimate of drug-likeness (QED) is 0.667. The highest BCUT2D eigenvalue weighted by molar-refractivity contribution is 6.01. The monoisotopic (exact) mass is 367 g/mol. The molecule has 138 valence electrons. The third-order valence-electron chi connectivity index (χ3n) is 3.85. The van der Waals surface area contributed by atoms with Crippen LogP contribution in [0.5, 0.6) is 0 Å². The van der Waals surface area contributed by atoms with E-state index in [9.17, 15) is 14.0 Å². The van der Waals surface area contributed by atoms with Gasteiger partial charge >= 0.3 is 5.97 Å². The Kier molecular flexibility index (Phi) is 5.30. The number of amides is 1. The first-order valence-corrected chi connectivity index (χ1v) is 8.38. The minimum absolute atomic E-state index is 0.222. The second kappa shape index (κ2) is 7.82. The Morgan fingerprint density at radius 3 is 2.48 bits per heavy atom. The molecule has 7 heteroatoms. The van der Waals surface area contributed by atoms with E-state index >= 15 is 0 Å². The maximum atomic E-state index is 13.1. The van der Waals surface area contributed by atoms with Crippen LogP contribution in [0.15, 0.2) is 48.5 Å². The summed E-state index contributed by atoms with van der Waals surface area (Å²) in [5, 5.41) is 9.79. The molecule has 27 heavy (non-hydrogen) atoms. The lowest BCUT2D eigenvalue weighted by Gasteiger charge is -2.10. The van der Waals surface area contributed by atoms with Gasteiger partial charge in [-0.15, -0.1) is 0 Å². The first-order chi connectivity index (χ1) is 13.0. The summed E-state index contributed by atoms with van der Waals surface area (Å²) in [6, 6.07) is 12.8. The van der Waals surface area contributed by atoms with Crippen molar-refractivity contribution in [2.24, 2.45) is 0 Å². The molecule has 0 saturated carbocycles. The topological polar surface area (TPSA) is 84.1 Å². The number of halogens is 1. The van der Waals surface area contributed by atoms with Gasteiger partial charge in [-0.1, -0.05) is 6.07 Å². The zero-order chi connectivity index (χ0) is 19.4. The summed E-state index contributed by atoms with van der Waals surface area (Å²) < 4.78 is 18.2. The molecule has 0 unspecified atom stereocenters. The molecule has 0 saturated heterocycles. The standard InChI is InChI=1S/C20H18FN3O3/c1-3-27-20(26)16-10-14(6-9-17(16)22-12(2)25)19-11-18(23-24-19)13-4-7-15(21)8-5-13/h4-11H,3H2,1-2H3,(H,22,25)(H,23,24). The SMILES string of the molecule is CCOC(=O)c1cc(-c2cc(-c3ccc(F)cc3)[nH]n2)ccc1NC(C)=O. The lowest BCUT2D eigenvalue weighted by atomic mass is 10.0. The van der Waals surface area contributed by atoms with Gasteiger partial charge in [0.1, 0.15) is 5.82 Å². The number of aromatic amines is 1. The van der Waals surface area contributed by atoms with Crippen molar-refractivity contribution in [2.75, 3.05) is 11.9 Å². The van der Waals surface area contributed by atoms with Crippen molar-refractivity contribution in [1.29, 1.82) is 0 Å². The number of anilines is 1. The van der Waals surface area contributed by atoms with Gasteiger partial charge in [0.15, 0.2) is 0 Å². The summed E-state index contributed by atoms with van der Waals surface area (Å²) in [7, 11) is 0. The van der Waals surface area contributed by atoms with Crippen molar-refractivity contribution in [3.8, 4) is 22.5 Å². The molecular formula is C20H18FN3O3. The maximum absolute atomic E-state index is 13.1. The molecule has 0 spiro atoms. The van der Waals surface area contributed by atoms with Gasteiger partial charge in [0.2, 0.25) is 5.91 Å². The van der Waals surface area contributed by atoms with Crippen molar-refractivity contribution in [3.63, 3.8) is 0 Å². The largest absolute Gasteiger partial charge is 0.462 e. The maximum Gasteiger partial charge on any atom is 0.340 e. The number of H-pyrrole nitrogens is 1. The van der Waals surface area contributed by atoms with Gasteiger partial charge in [0.25, 0.3) is 0 Å². The van der Waals surface area contributed by atoms with Gasteiger partial charge in [0.05, 0.1) is 29.2 Å². The van der Waals surface area contributed by atoms with E-state index in [1.54, 1.807) is 43.3 Å². The van der Waals surface area contributed by atoms with Gasteiger partial charge in [-0.3, -0.25) is 9.89 Å². The third-order valence-corrected chi connectivity index (χ3v) is 3.85. The van der Waals surface area contributed by atoms with Gasteiger partial charge in [-0.05, 0) is 55.0 Å². The number of nitrogens with one attached hydrogen (secondary N) is 2. The van der Waals surface area contributed by atoms with Crippen LogP contribution in [0.4, 0.5) is 10.1 Å². The molecule has 2 N–H and O–H groups in total. The molecule has 6 nitrogen and oxygen atoms in total. The molecule has 2 aromatic carbocycles. The van der Waals surface area contributed by atoms with E-state index in [0.29, 0.717) is 22.6 Å². The zero-order valence-electron chi connectivity index (χ0n) is 14.9. The molecule has 0 aliphatic rings.